The van der Waals surface area contributed by atoms with Gasteiger partial charge in [0.2, 0.25) is 0 Å². The molecule has 0 aromatic rings. The first-order valence-corrected chi connectivity index (χ1v) is 5.83. The monoisotopic (exact) mass is 192 g/mol. The zero-order valence-electron chi connectivity index (χ0n) is 7.40. The Hall–Kier alpha value is 0.640. The first-order valence-electron chi connectivity index (χ1n) is 4.40. The van der Waals surface area contributed by atoms with E-state index in [0.29, 0.717) is 10.1 Å². The smallest absolute Gasteiger partial charge is 0.0308 e. The minimum atomic E-state index is 0.355. The molecule has 66 valence electrons. The lowest BCUT2D eigenvalue weighted by Gasteiger charge is -2.22. The number of rotatable bonds is 3. The Morgan fingerprint density at radius 3 is 2.82 bits per heavy atom. The summed E-state index contributed by atoms with van der Waals surface area (Å²) < 4.78 is 0.559. The molecule has 0 saturated carbocycles. The topological polar surface area (TPSA) is 0 Å². The van der Waals surface area contributed by atoms with Crippen LogP contribution in [0.4, 0.5) is 0 Å². The highest BCUT2D eigenvalue weighted by Crippen LogP contribution is 2.41. The molecule has 0 aliphatic carbocycles. The first kappa shape index (κ1) is 9.73. The molecular weight excluding hydrogens is 176 g/mol. The van der Waals surface area contributed by atoms with Crippen LogP contribution in [0, 0.1) is 0 Å². The van der Waals surface area contributed by atoms with E-state index in [4.69, 9.17) is 11.6 Å². The summed E-state index contributed by atoms with van der Waals surface area (Å²) in [5.74, 6) is 1.35. The summed E-state index contributed by atoms with van der Waals surface area (Å²) in [6, 6.07) is 0. The lowest BCUT2D eigenvalue weighted by molar-refractivity contribution is 0.535. The molecule has 0 N–H and O–H groups in total. The highest BCUT2D eigenvalue weighted by Gasteiger charge is 2.28. The van der Waals surface area contributed by atoms with E-state index in [-0.39, 0.29) is 0 Å². The van der Waals surface area contributed by atoms with Crippen molar-refractivity contribution in [2.24, 2.45) is 0 Å². The van der Waals surface area contributed by atoms with Gasteiger partial charge in [-0.25, -0.2) is 0 Å². The fourth-order valence-corrected chi connectivity index (χ4v) is 2.98. The van der Waals surface area contributed by atoms with Crippen LogP contribution in [0.3, 0.4) is 0 Å². The van der Waals surface area contributed by atoms with Gasteiger partial charge >= 0.3 is 0 Å². The van der Waals surface area contributed by atoms with Crippen molar-refractivity contribution in [3.8, 4) is 0 Å². The van der Waals surface area contributed by atoms with Gasteiger partial charge < -0.3 is 0 Å². The van der Waals surface area contributed by atoms with E-state index in [9.17, 15) is 0 Å². The molecule has 0 nitrogen and oxygen atoms in total. The summed E-state index contributed by atoms with van der Waals surface area (Å²) in [7, 11) is 0. The fraction of sp³-hybridized carbons (Fsp3) is 1.00. The van der Waals surface area contributed by atoms with Gasteiger partial charge in [-0.15, -0.1) is 11.6 Å². The molecule has 2 atom stereocenters. The number of halogens is 1. The van der Waals surface area contributed by atoms with Gasteiger partial charge in [0.05, 0.1) is 0 Å². The van der Waals surface area contributed by atoms with Gasteiger partial charge in [-0.05, 0) is 38.4 Å². The van der Waals surface area contributed by atoms with E-state index < -0.39 is 0 Å². The van der Waals surface area contributed by atoms with E-state index in [0.717, 1.165) is 0 Å². The highest BCUT2D eigenvalue weighted by molar-refractivity contribution is 8.00. The van der Waals surface area contributed by atoms with Crippen molar-refractivity contribution in [2.45, 2.75) is 49.7 Å². The molecule has 0 aromatic heterocycles. The molecule has 1 saturated heterocycles. The molecule has 2 unspecified atom stereocenters. The third-order valence-corrected chi connectivity index (χ3v) is 4.19. The first-order chi connectivity index (χ1) is 5.12. The number of hydrogen-bond acceptors (Lipinski definition) is 1. The van der Waals surface area contributed by atoms with Gasteiger partial charge in [0.1, 0.15) is 0 Å². The molecule has 1 heterocycles. The SMILES string of the molecule is CC(Cl)CCC1(C)CCCS1. The van der Waals surface area contributed by atoms with Crippen LogP contribution in [0.1, 0.15) is 39.5 Å². The largest absolute Gasteiger partial charge is 0.155 e. The number of hydrogen-bond donors (Lipinski definition) is 0. The van der Waals surface area contributed by atoms with Crippen LogP contribution in [0.25, 0.3) is 0 Å². The maximum atomic E-state index is 5.91. The maximum Gasteiger partial charge on any atom is 0.0308 e. The Morgan fingerprint density at radius 2 is 2.36 bits per heavy atom. The molecule has 0 aromatic carbocycles. The van der Waals surface area contributed by atoms with Gasteiger partial charge in [0, 0.05) is 10.1 Å². The molecular formula is C9H17ClS. The van der Waals surface area contributed by atoms with Gasteiger partial charge in [0.15, 0.2) is 0 Å². The van der Waals surface area contributed by atoms with Gasteiger partial charge in [0.25, 0.3) is 0 Å². The van der Waals surface area contributed by atoms with E-state index >= 15 is 0 Å². The normalized spacial score (nSPS) is 34.1. The Kier molecular flexibility index (Phi) is 3.57. The molecule has 0 bridgehead atoms. The van der Waals surface area contributed by atoms with Crippen LogP contribution in [-0.2, 0) is 0 Å². The zero-order valence-corrected chi connectivity index (χ0v) is 8.97. The average Bonchev–Trinajstić information content (AvgIpc) is 2.33. The molecule has 2 heteroatoms. The third kappa shape index (κ3) is 3.25. The number of thioether (sulfide) groups is 1. The van der Waals surface area contributed by atoms with Gasteiger partial charge in [-0.3, -0.25) is 0 Å². The van der Waals surface area contributed by atoms with E-state index in [1.54, 1.807) is 0 Å². The van der Waals surface area contributed by atoms with Crippen LogP contribution in [0.15, 0.2) is 0 Å². The summed E-state index contributed by atoms with van der Waals surface area (Å²) in [5, 5.41) is 0.355. The van der Waals surface area contributed by atoms with Crippen LogP contribution < -0.4 is 0 Å². The molecule has 1 rings (SSSR count). The van der Waals surface area contributed by atoms with Gasteiger partial charge in [-0.2, -0.15) is 11.8 Å². The Bertz CT molecular complexity index is 117. The minimum absolute atomic E-state index is 0.355. The Balaban J connectivity index is 2.23. The Morgan fingerprint density at radius 1 is 1.64 bits per heavy atom. The quantitative estimate of drug-likeness (QED) is 0.615. The lowest BCUT2D eigenvalue weighted by Crippen LogP contribution is -2.16. The van der Waals surface area contributed by atoms with Crippen molar-refractivity contribution in [1.82, 2.24) is 0 Å². The molecule has 0 amide bonds. The highest BCUT2D eigenvalue weighted by atomic mass is 35.5. The van der Waals surface area contributed by atoms with Crippen molar-refractivity contribution in [2.75, 3.05) is 5.75 Å². The predicted octanol–water partition coefficient (Wildman–Crippen LogP) is 3.68. The van der Waals surface area contributed by atoms with Crippen molar-refractivity contribution >= 4 is 23.4 Å². The second kappa shape index (κ2) is 4.04. The van der Waals surface area contributed by atoms with Crippen LogP contribution in [0.5, 0.6) is 0 Å². The van der Waals surface area contributed by atoms with E-state index in [1.165, 1.54) is 31.4 Å². The number of alkyl halides is 1. The summed E-state index contributed by atoms with van der Waals surface area (Å²) >= 11 is 8.04. The summed E-state index contributed by atoms with van der Waals surface area (Å²) in [6.07, 6.45) is 5.26. The molecule has 0 radical (unpaired) electrons. The van der Waals surface area contributed by atoms with Crippen molar-refractivity contribution in [1.29, 1.82) is 0 Å². The average molecular weight is 193 g/mol. The zero-order chi connectivity index (χ0) is 8.32. The lowest BCUT2D eigenvalue weighted by atomic mass is 9.99. The van der Waals surface area contributed by atoms with Crippen molar-refractivity contribution < 1.29 is 0 Å². The molecule has 1 aliphatic rings. The summed E-state index contributed by atoms with van der Waals surface area (Å²) in [4.78, 5) is 0. The minimum Gasteiger partial charge on any atom is -0.155 e. The predicted molar refractivity (Wildman–Crippen MR) is 54.6 cm³/mol. The summed E-state index contributed by atoms with van der Waals surface area (Å²) in [5.41, 5.74) is 0. The van der Waals surface area contributed by atoms with E-state index in [1.807, 2.05) is 0 Å². The summed E-state index contributed by atoms with van der Waals surface area (Å²) in [6.45, 7) is 4.47. The molecule has 1 aliphatic heterocycles. The molecule has 1 fully saturated rings. The fourth-order valence-electron chi connectivity index (χ4n) is 1.54. The van der Waals surface area contributed by atoms with Gasteiger partial charge in [-0.1, -0.05) is 6.92 Å². The molecule has 0 spiro atoms. The van der Waals surface area contributed by atoms with Crippen LogP contribution in [-0.4, -0.2) is 15.9 Å². The second-order valence-corrected chi connectivity index (χ2v) is 6.15. The second-order valence-electron chi connectivity index (χ2n) is 3.72. The van der Waals surface area contributed by atoms with Crippen LogP contribution >= 0.6 is 23.4 Å². The van der Waals surface area contributed by atoms with Crippen molar-refractivity contribution in [3.05, 3.63) is 0 Å². The molecule has 11 heavy (non-hydrogen) atoms. The maximum absolute atomic E-state index is 5.91. The Labute approximate surface area is 79.1 Å². The van der Waals surface area contributed by atoms with E-state index in [2.05, 4.69) is 25.6 Å². The van der Waals surface area contributed by atoms with Crippen LogP contribution in [0.2, 0.25) is 0 Å². The standard InChI is InChI=1S/C9H17ClS/c1-8(10)4-6-9(2)5-3-7-11-9/h8H,3-7H2,1-2H3. The third-order valence-electron chi connectivity index (χ3n) is 2.37. The van der Waals surface area contributed by atoms with Crippen molar-refractivity contribution in [3.63, 3.8) is 0 Å².